The molecule has 0 heterocycles. The van der Waals surface area contributed by atoms with Crippen molar-refractivity contribution < 1.29 is 31.5 Å². The highest BCUT2D eigenvalue weighted by atomic mass is 79.9. The van der Waals surface area contributed by atoms with Crippen LogP contribution in [0.3, 0.4) is 0 Å². The van der Waals surface area contributed by atoms with Gasteiger partial charge >= 0.3 is 5.97 Å². The zero-order valence-corrected chi connectivity index (χ0v) is 16.9. The predicted octanol–water partition coefficient (Wildman–Crippen LogP) is 5.43. The molecule has 0 atom stereocenters. The third-order valence-electron chi connectivity index (χ3n) is 3.56. The number of hydrogen-bond donors (Lipinski definition) is 1. The molecule has 1 N–H and O–H groups in total. The number of carbonyl (C=O) groups is 1. The maximum Gasteiger partial charge on any atom is 0.346 e. The van der Waals surface area contributed by atoms with Gasteiger partial charge in [0.15, 0.2) is 23.3 Å². The van der Waals surface area contributed by atoms with Crippen LogP contribution >= 0.6 is 27.7 Å². The van der Waals surface area contributed by atoms with Gasteiger partial charge in [-0.1, -0.05) is 39.8 Å². The summed E-state index contributed by atoms with van der Waals surface area (Å²) < 4.78 is 73.3. The first kappa shape index (κ1) is 22.2. The van der Waals surface area contributed by atoms with Crippen molar-refractivity contribution >= 4 is 33.7 Å². The Balaban J connectivity index is 2.37. The molecule has 0 aliphatic rings. The van der Waals surface area contributed by atoms with Crippen LogP contribution < -0.4 is 5.32 Å². The summed E-state index contributed by atoms with van der Waals surface area (Å²) >= 11 is 3.39. The number of halogens is 6. The second-order valence-corrected chi connectivity index (χ2v) is 7.36. The van der Waals surface area contributed by atoms with Gasteiger partial charge in [-0.3, -0.25) is 0 Å². The van der Waals surface area contributed by atoms with Crippen LogP contribution in [0.5, 0.6) is 0 Å². The highest BCUT2D eigenvalue weighted by Crippen LogP contribution is 2.36. The summed E-state index contributed by atoms with van der Waals surface area (Å²) in [5.41, 5.74) is 0.969. The summed E-state index contributed by atoms with van der Waals surface area (Å²) in [6, 6.07) is 7.17. The lowest BCUT2D eigenvalue weighted by molar-refractivity contribution is -0.135. The van der Waals surface area contributed by atoms with Gasteiger partial charge in [0, 0.05) is 16.7 Å². The molecule has 28 heavy (non-hydrogen) atoms. The minimum atomic E-state index is -2.27. The Kier molecular flexibility index (Phi) is 7.48. The molecule has 0 aliphatic heterocycles. The van der Waals surface area contributed by atoms with Crippen molar-refractivity contribution in [3.05, 3.63) is 74.0 Å². The third-order valence-corrected chi connectivity index (χ3v) is 5.32. The Bertz CT molecular complexity index is 906. The molecule has 0 bridgehead atoms. The summed E-state index contributed by atoms with van der Waals surface area (Å²) in [7, 11) is 1.03. The maximum atomic E-state index is 13.9. The molecule has 2 aromatic carbocycles. The zero-order valence-electron chi connectivity index (χ0n) is 14.5. The van der Waals surface area contributed by atoms with Crippen LogP contribution in [0.1, 0.15) is 12.5 Å². The minimum absolute atomic E-state index is 0.0958. The second kappa shape index (κ2) is 9.42. The van der Waals surface area contributed by atoms with E-state index in [-0.39, 0.29) is 28.9 Å². The molecule has 10 heteroatoms. The molecule has 0 aromatic heterocycles. The number of benzene rings is 2. The largest absolute Gasteiger partial charge is 0.465 e. The van der Waals surface area contributed by atoms with Crippen molar-refractivity contribution in [2.45, 2.75) is 18.4 Å². The van der Waals surface area contributed by atoms with Crippen molar-refractivity contribution in [1.29, 1.82) is 0 Å². The van der Waals surface area contributed by atoms with Crippen LogP contribution in [-0.2, 0) is 16.1 Å². The van der Waals surface area contributed by atoms with Gasteiger partial charge in [-0.25, -0.2) is 26.7 Å². The lowest BCUT2D eigenvalue weighted by Crippen LogP contribution is -2.16. The molecular weight excluding hydrogens is 469 g/mol. The molecular formula is C18H13BrF5NO2S. The number of nitrogens with one attached hydrogen (secondary N) is 1. The maximum absolute atomic E-state index is 13.9. The van der Waals surface area contributed by atoms with Gasteiger partial charge in [0.05, 0.1) is 12.0 Å². The fraction of sp³-hybridized carbons (Fsp3) is 0.167. The first-order valence-corrected chi connectivity index (χ1v) is 9.25. The summed E-state index contributed by atoms with van der Waals surface area (Å²) in [6.07, 6.45) is 0. The van der Waals surface area contributed by atoms with Gasteiger partial charge in [0.1, 0.15) is 4.91 Å². The molecule has 2 rings (SSSR count). The fourth-order valence-corrected chi connectivity index (χ4v) is 3.28. The minimum Gasteiger partial charge on any atom is -0.465 e. The average molecular weight is 482 g/mol. The van der Waals surface area contributed by atoms with Gasteiger partial charge in [0.25, 0.3) is 0 Å². The van der Waals surface area contributed by atoms with E-state index >= 15 is 0 Å². The third kappa shape index (κ3) is 4.85. The number of allylic oxidation sites excluding steroid dienone is 1. The van der Waals surface area contributed by atoms with E-state index in [4.69, 9.17) is 0 Å². The normalized spacial score (nSPS) is 11.9. The molecule has 0 radical (unpaired) electrons. The van der Waals surface area contributed by atoms with E-state index < -0.39 is 40.0 Å². The molecule has 3 nitrogen and oxygen atoms in total. The predicted molar refractivity (Wildman–Crippen MR) is 97.8 cm³/mol. The zero-order chi connectivity index (χ0) is 21.0. The van der Waals surface area contributed by atoms with Crippen molar-refractivity contribution in [3.8, 4) is 0 Å². The molecule has 0 amide bonds. The highest BCUT2D eigenvalue weighted by molar-refractivity contribution is 9.10. The van der Waals surface area contributed by atoms with Gasteiger partial charge in [-0.2, -0.15) is 0 Å². The van der Waals surface area contributed by atoms with Crippen LogP contribution in [0.2, 0.25) is 0 Å². The van der Waals surface area contributed by atoms with E-state index in [0.29, 0.717) is 0 Å². The van der Waals surface area contributed by atoms with E-state index in [2.05, 4.69) is 26.0 Å². The number of carbonyl (C=O) groups excluding carboxylic acids is 1. The SMILES string of the molecule is COC(=O)/C(Sc1c(F)c(F)c(F)c(F)c1F)=C(/C)NCc1ccc(Br)cc1. The van der Waals surface area contributed by atoms with Crippen molar-refractivity contribution in [2.24, 2.45) is 0 Å². The van der Waals surface area contributed by atoms with E-state index in [1.807, 2.05) is 0 Å². The van der Waals surface area contributed by atoms with E-state index in [0.717, 1.165) is 17.1 Å². The lowest BCUT2D eigenvalue weighted by atomic mass is 10.2. The highest BCUT2D eigenvalue weighted by Gasteiger charge is 2.29. The smallest absolute Gasteiger partial charge is 0.346 e. The van der Waals surface area contributed by atoms with Crippen LogP contribution in [-0.4, -0.2) is 13.1 Å². The van der Waals surface area contributed by atoms with E-state index in [1.54, 1.807) is 24.3 Å². The van der Waals surface area contributed by atoms with Gasteiger partial charge in [-0.05, 0) is 24.6 Å². The molecule has 150 valence electrons. The molecule has 0 fully saturated rings. The molecule has 0 aliphatic carbocycles. The molecule has 0 saturated carbocycles. The van der Waals surface area contributed by atoms with Crippen LogP contribution in [0, 0.1) is 29.1 Å². The molecule has 0 saturated heterocycles. The Labute approximate surface area is 170 Å². The average Bonchev–Trinajstić information content (AvgIpc) is 2.69. The van der Waals surface area contributed by atoms with E-state index in [9.17, 15) is 26.7 Å². The first-order valence-electron chi connectivity index (χ1n) is 7.64. The Morgan fingerprint density at radius 2 is 1.50 bits per heavy atom. The summed E-state index contributed by atoms with van der Waals surface area (Å²) in [6.45, 7) is 1.67. The molecule has 0 unspecified atom stereocenters. The van der Waals surface area contributed by atoms with Crippen LogP contribution in [0.4, 0.5) is 22.0 Å². The van der Waals surface area contributed by atoms with Crippen molar-refractivity contribution in [2.75, 3.05) is 7.11 Å². The first-order chi connectivity index (χ1) is 13.2. The van der Waals surface area contributed by atoms with Gasteiger partial charge < -0.3 is 10.1 Å². The lowest BCUT2D eigenvalue weighted by Gasteiger charge is -2.14. The monoisotopic (exact) mass is 481 g/mol. The topological polar surface area (TPSA) is 38.3 Å². The van der Waals surface area contributed by atoms with Gasteiger partial charge in [-0.15, -0.1) is 0 Å². The summed E-state index contributed by atoms with van der Waals surface area (Å²) in [4.78, 5) is 10.5. The van der Waals surface area contributed by atoms with E-state index in [1.165, 1.54) is 6.92 Å². The summed E-state index contributed by atoms with van der Waals surface area (Å²) in [5, 5.41) is 2.87. The number of ether oxygens (including phenoxy) is 1. The van der Waals surface area contributed by atoms with Gasteiger partial charge in [0.2, 0.25) is 5.82 Å². The Morgan fingerprint density at radius 3 is 2.00 bits per heavy atom. The van der Waals surface area contributed by atoms with Crippen LogP contribution in [0.15, 0.2) is 44.2 Å². The van der Waals surface area contributed by atoms with Crippen LogP contribution in [0.25, 0.3) is 0 Å². The number of esters is 1. The molecule has 2 aromatic rings. The second-order valence-electron chi connectivity index (χ2n) is 5.43. The molecule has 0 spiro atoms. The number of hydrogen-bond acceptors (Lipinski definition) is 4. The number of methoxy groups -OCH3 is 1. The Morgan fingerprint density at radius 1 is 1.00 bits per heavy atom. The fourth-order valence-electron chi connectivity index (χ4n) is 2.06. The number of rotatable bonds is 6. The summed E-state index contributed by atoms with van der Waals surface area (Å²) in [5.74, 6) is -11.5. The quantitative estimate of drug-likeness (QED) is 0.149. The number of thioether (sulfide) groups is 1. The van der Waals surface area contributed by atoms with Crippen molar-refractivity contribution in [3.63, 3.8) is 0 Å². The van der Waals surface area contributed by atoms with Crippen molar-refractivity contribution in [1.82, 2.24) is 5.32 Å². The standard InChI is InChI=1S/C18H13BrF5NO2S/c1-8(25-7-9-3-5-10(19)6-4-9)16(18(26)27-2)28-17-14(23)12(21)11(20)13(22)15(17)24/h3-6,25H,7H2,1-2H3/b16-8+. The Hall–Kier alpha value is -2.07.